The molecule has 3 aliphatic carbocycles. The molecule has 3 rings (SSSR count). The van der Waals surface area contributed by atoms with Crippen molar-refractivity contribution in [2.24, 2.45) is 22.7 Å². The van der Waals surface area contributed by atoms with Crippen molar-refractivity contribution < 1.29 is 0 Å². The molecule has 0 amide bonds. The molecule has 0 aromatic carbocycles. The van der Waals surface area contributed by atoms with E-state index in [0.29, 0.717) is 16.7 Å². The van der Waals surface area contributed by atoms with Gasteiger partial charge in [-0.25, -0.2) is 0 Å². The molecule has 16 heavy (non-hydrogen) atoms. The Morgan fingerprint density at radius 2 is 2.19 bits per heavy atom. The molecule has 0 unspecified atom stereocenters. The summed E-state index contributed by atoms with van der Waals surface area (Å²) >= 11 is 0. The van der Waals surface area contributed by atoms with Crippen LogP contribution in [0.15, 0.2) is 11.6 Å². The largest absolute Gasteiger partial charge is 0.193 e. The Morgan fingerprint density at radius 3 is 2.94 bits per heavy atom. The van der Waals surface area contributed by atoms with Crippen LogP contribution < -0.4 is 0 Å². The highest BCUT2D eigenvalue weighted by atomic mass is 14.6. The van der Waals surface area contributed by atoms with Crippen LogP contribution in [0, 0.1) is 34.0 Å². The second kappa shape index (κ2) is 3.13. The van der Waals surface area contributed by atoms with Gasteiger partial charge in [-0.05, 0) is 48.3 Å². The van der Waals surface area contributed by atoms with Gasteiger partial charge in [0.05, 0.1) is 6.07 Å². The van der Waals surface area contributed by atoms with E-state index in [1.54, 1.807) is 0 Å². The van der Waals surface area contributed by atoms with E-state index in [0.717, 1.165) is 11.5 Å². The predicted octanol–water partition coefficient (Wildman–Crippen LogP) is 4.06. The van der Waals surface area contributed by atoms with Gasteiger partial charge < -0.3 is 0 Å². The highest BCUT2D eigenvalue weighted by molar-refractivity contribution is 5.35. The minimum absolute atomic E-state index is 0.322. The normalized spacial score (nSPS) is 50.4. The molecule has 0 aliphatic heterocycles. The topological polar surface area (TPSA) is 23.8 Å². The van der Waals surface area contributed by atoms with Crippen molar-refractivity contribution in [3.05, 3.63) is 11.6 Å². The fraction of sp³-hybridized carbons (Fsp3) is 0.800. The second-order valence-electron chi connectivity index (χ2n) is 6.52. The Bertz CT molecular complexity index is 389. The maximum Gasteiger partial charge on any atom is 0.0946 e. The van der Waals surface area contributed by atoms with E-state index in [1.807, 2.05) is 0 Å². The first-order valence-electron chi connectivity index (χ1n) is 6.74. The SMILES string of the molecule is C[C@H]1CCC[C@@]2(C)C=C(C#N)[C@H]3CC[C@@]12C3. The first-order valence-corrected chi connectivity index (χ1v) is 6.74. The van der Waals surface area contributed by atoms with Gasteiger partial charge in [0.15, 0.2) is 0 Å². The lowest BCUT2D eigenvalue weighted by atomic mass is 9.49. The number of rotatable bonds is 0. The first kappa shape index (κ1) is 10.4. The molecule has 0 saturated heterocycles. The average Bonchev–Trinajstić information content (AvgIpc) is 2.66. The van der Waals surface area contributed by atoms with Crippen molar-refractivity contribution in [3.8, 4) is 6.07 Å². The zero-order valence-electron chi connectivity index (χ0n) is 10.4. The molecule has 0 N–H and O–H groups in total. The Balaban J connectivity index is 2.11. The van der Waals surface area contributed by atoms with Gasteiger partial charge in [-0.1, -0.05) is 32.8 Å². The summed E-state index contributed by atoms with van der Waals surface area (Å²) in [6.07, 6.45) is 10.3. The monoisotopic (exact) mass is 215 g/mol. The van der Waals surface area contributed by atoms with Crippen LogP contribution in [0.4, 0.5) is 0 Å². The van der Waals surface area contributed by atoms with Gasteiger partial charge >= 0.3 is 0 Å². The molecular weight excluding hydrogens is 194 g/mol. The molecule has 86 valence electrons. The maximum atomic E-state index is 9.26. The van der Waals surface area contributed by atoms with Crippen molar-refractivity contribution in [3.63, 3.8) is 0 Å². The maximum absolute atomic E-state index is 9.26. The molecule has 3 aliphatic rings. The molecule has 0 aromatic rings. The number of nitriles is 1. The summed E-state index contributed by atoms with van der Waals surface area (Å²) in [7, 11) is 0. The molecule has 2 bridgehead atoms. The molecule has 1 spiro atoms. The molecule has 2 fully saturated rings. The lowest BCUT2D eigenvalue weighted by Crippen LogP contribution is -2.46. The van der Waals surface area contributed by atoms with E-state index in [2.05, 4.69) is 26.0 Å². The fourth-order valence-electron chi connectivity index (χ4n) is 4.97. The lowest BCUT2D eigenvalue weighted by molar-refractivity contribution is -0.0150. The van der Waals surface area contributed by atoms with E-state index in [-0.39, 0.29) is 0 Å². The molecular formula is C15H21N. The standard InChI is InChI=1S/C15H21N/c1-11-4-3-6-14(2)8-13(10-16)12-5-7-15(11,14)9-12/h8,11-12H,3-7,9H2,1-2H3/t11-,12-,14-,15+/m0/s1. The number of hydrogen-bond acceptors (Lipinski definition) is 1. The zero-order chi connectivity index (χ0) is 11.4. The minimum atomic E-state index is 0.322. The number of hydrogen-bond donors (Lipinski definition) is 0. The summed E-state index contributed by atoms with van der Waals surface area (Å²) in [6.45, 7) is 4.87. The summed E-state index contributed by atoms with van der Waals surface area (Å²) < 4.78 is 0. The predicted molar refractivity (Wildman–Crippen MR) is 64.6 cm³/mol. The van der Waals surface area contributed by atoms with E-state index in [1.165, 1.54) is 38.5 Å². The van der Waals surface area contributed by atoms with Crippen molar-refractivity contribution in [1.82, 2.24) is 0 Å². The Kier molecular flexibility index (Phi) is 2.03. The summed E-state index contributed by atoms with van der Waals surface area (Å²) in [5.41, 5.74) is 1.96. The van der Waals surface area contributed by atoms with Crippen LogP contribution in [0.1, 0.15) is 52.4 Å². The van der Waals surface area contributed by atoms with Crippen molar-refractivity contribution in [2.45, 2.75) is 52.4 Å². The molecule has 4 atom stereocenters. The zero-order valence-corrected chi connectivity index (χ0v) is 10.4. The van der Waals surface area contributed by atoms with Crippen LogP contribution in [0.5, 0.6) is 0 Å². The minimum Gasteiger partial charge on any atom is -0.193 e. The average molecular weight is 215 g/mol. The van der Waals surface area contributed by atoms with E-state index >= 15 is 0 Å². The number of fused-ring (bicyclic) bond motifs is 1. The summed E-state index contributed by atoms with van der Waals surface area (Å²) in [5.74, 6) is 1.45. The van der Waals surface area contributed by atoms with Gasteiger partial charge in [0.1, 0.15) is 0 Å². The number of nitrogens with zero attached hydrogens (tertiary/aromatic N) is 1. The molecule has 0 radical (unpaired) electrons. The first-order chi connectivity index (χ1) is 7.61. The van der Waals surface area contributed by atoms with Crippen LogP contribution in [-0.4, -0.2) is 0 Å². The molecule has 1 heteroatoms. The summed E-state index contributed by atoms with van der Waals surface area (Å²) in [5, 5.41) is 9.26. The van der Waals surface area contributed by atoms with Crippen LogP contribution in [0.25, 0.3) is 0 Å². The van der Waals surface area contributed by atoms with Gasteiger partial charge in [-0.2, -0.15) is 5.26 Å². The fourth-order valence-corrected chi connectivity index (χ4v) is 4.97. The molecule has 0 heterocycles. The Morgan fingerprint density at radius 1 is 1.38 bits per heavy atom. The summed E-state index contributed by atoms with van der Waals surface area (Å²) in [4.78, 5) is 0. The van der Waals surface area contributed by atoms with Crippen molar-refractivity contribution in [2.75, 3.05) is 0 Å². The van der Waals surface area contributed by atoms with Crippen LogP contribution >= 0.6 is 0 Å². The molecule has 0 aromatic heterocycles. The van der Waals surface area contributed by atoms with Gasteiger partial charge in [-0.15, -0.1) is 0 Å². The van der Waals surface area contributed by atoms with Crippen LogP contribution in [0.3, 0.4) is 0 Å². The quantitative estimate of drug-likeness (QED) is 0.597. The second-order valence-corrected chi connectivity index (χ2v) is 6.52. The van der Waals surface area contributed by atoms with Gasteiger partial charge in [0.2, 0.25) is 0 Å². The third-order valence-electron chi connectivity index (χ3n) is 6.01. The van der Waals surface area contributed by atoms with Gasteiger partial charge in [0, 0.05) is 5.57 Å². The van der Waals surface area contributed by atoms with Gasteiger partial charge in [0.25, 0.3) is 0 Å². The third-order valence-corrected chi connectivity index (χ3v) is 6.01. The Hall–Kier alpha value is -0.770. The van der Waals surface area contributed by atoms with Gasteiger partial charge in [-0.3, -0.25) is 0 Å². The summed E-state index contributed by atoms with van der Waals surface area (Å²) in [6, 6.07) is 2.46. The van der Waals surface area contributed by atoms with E-state index in [9.17, 15) is 5.26 Å². The third kappa shape index (κ3) is 1.06. The van der Waals surface area contributed by atoms with Crippen LogP contribution in [-0.2, 0) is 0 Å². The smallest absolute Gasteiger partial charge is 0.0946 e. The van der Waals surface area contributed by atoms with Crippen molar-refractivity contribution in [1.29, 1.82) is 5.26 Å². The highest BCUT2D eigenvalue weighted by Gasteiger charge is 2.58. The highest BCUT2D eigenvalue weighted by Crippen LogP contribution is 2.67. The van der Waals surface area contributed by atoms with E-state index in [4.69, 9.17) is 0 Å². The van der Waals surface area contributed by atoms with E-state index < -0.39 is 0 Å². The number of allylic oxidation sites excluding steroid dienone is 2. The molecule has 1 nitrogen and oxygen atoms in total. The van der Waals surface area contributed by atoms with Crippen LogP contribution in [0.2, 0.25) is 0 Å². The molecule has 2 saturated carbocycles. The lowest BCUT2D eigenvalue weighted by Gasteiger charge is -2.55. The van der Waals surface area contributed by atoms with Crippen molar-refractivity contribution >= 4 is 0 Å². The Labute approximate surface area is 98.5 Å².